The first-order valence-electron chi connectivity index (χ1n) is 7.26. The summed E-state index contributed by atoms with van der Waals surface area (Å²) in [4.78, 5) is 13.1. The van der Waals surface area contributed by atoms with Gasteiger partial charge in [0.15, 0.2) is 5.44 Å². The zero-order valence-corrected chi connectivity index (χ0v) is 15.7. The molecule has 8 nitrogen and oxygen atoms in total. The van der Waals surface area contributed by atoms with E-state index in [9.17, 15) is 23.6 Å². The average molecular weight is 441 g/mol. The largest absolute Gasteiger partial charge is 0.497 e. The zero-order valence-electron chi connectivity index (χ0n) is 13.3. The third-order valence-electron chi connectivity index (χ3n) is 3.91. The predicted octanol–water partition coefficient (Wildman–Crippen LogP) is 3.31. The summed E-state index contributed by atoms with van der Waals surface area (Å²) >= 11 is 3.17. The molecule has 3 rings (SSSR count). The Morgan fingerprint density at radius 2 is 2.00 bits per heavy atom. The Balaban J connectivity index is 2.11. The number of halogens is 1. The number of nitro groups is 1. The van der Waals surface area contributed by atoms with Crippen molar-refractivity contribution >= 4 is 42.4 Å². The van der Waals surface area contributed by atoms with E-state index >= 15 is 0 Å². The highest BCUT2D eigenvalue weighted by Gasteiger charge is 2.31. The number of methoxy groups -OCH3 is 1. The highest BCUT2D eigenvalue weighted by molar-refractivity contribution is 9.10. The van der Waals surface area contributed by atoms with E-state index in [0.29, 0.717) is 11.3 Å². The summed E-state index contributed by atoms with van der Waals surface area (Å²) < 4.78 is 31.0. The second-order valence-electron chi connectivity index (χ2n) is 5.42. The number of fused-ring (bicyclic) bond motifs is 1. The highest BCUT2D eigenvalue weighted by atomic mass is 79.9. The van der Waals surface area contributed by atoms with Crippen LogP contribution in [0.5, 0.6) is 5.75 Å². The van der Waals surface area contributed by atoms with Gasteiger partial charge in [-0.25, -0.2) is 8.42 Å². The average Bonchev–Trinajstić information content (AvgIpc) is 3.03. The first-order chi connectivity index (χ1) is 12.3. The number of non-ortho nitro benzene ring substituents is 1. The molecule has 1 unspecified atom stereocenters. The normalized spacial score (nSPS) is 12.9. The van der Waals surface area contributed by atoms with Gasteiger partial charge < -0.3 is 14.8 Å². The number of nitrogens with one attached hydrogen (secondary N) is 1. The summed E-state index contributed by atoms with van der Waals surface area (Å²) in [6.45, 7) is 0. The van der Waals surface area contributed by atoms with Gasteiger partial charge in [-0.3, -0.25) is 10.1 Å². The van der Waals surface area contributed by atoms with E-state index < -0.39 is 20.2 Å². The summed E-state index contributed by atoms with van der Waals surface area (Å²) in [5.41, 5.74) is -1.59. The summed E-state index contributed by atoms with van der Waals surface area (Å²) in [6.07, 6.45) is 1.33. The molecule has 0 radical (unpaired) electrons. The fourth-order valence-corrected chi connectivity index (χ4v) is 4.97. The molecule has 0 amide bonds. The first kappa shape index (κ1) is 18.4. The van der Waals surface area contributed by atoms with Crippen LogP contribution in [0, 0.1) is 10.1 Å². The highest BCUT2D eigenvalue weighted by Crippen LogP contribution is 2.36. The molecule has 1 atom stereocenters. The molecule has 2 aromatic carbocycles. The quantitative estimate of drug-likeness (QED) is 0.463. The number of hydrogen-bond acceptors (Lipinski definition) is 6. The van der Waals surface area contributed by atoms with Crippen molar-refractivity contribution < 1.29 is 23.2 Å². The SMILES string of the molecule is COc1ccc(S(=O)(=O)C(O)c2c[nH]c3ccc([N+](=O)[O-])cc23)c(Br)c1. The standard InChI is InChI=1S/C16H13BrN2O6S/c1-25-10-3-5-15(13(17)7-10)26(23,24)16(20)12-8-18-14-4-2-9(19(21)22)6-11(12)14/h2-8,16,18,20H,1H3. The number of rotatable bonds is 5. The summed E-state index contributed by atoms with van der Waals surface area (Å²) in [5.74, 6) is 0.452. The minimum Gasteiger partial charge on any atom is -0.497 e. The maximum absolute atomic E-state index is 12.8. The first-order valence-corrected chi connectivity index (χ1v) is 9.60. The number of H-pyrrole nitrogens is 1. The second-order valence-corrected chi connectivity index (χ2v) is 8.26. The lowest BCUT2D eigenvalue weighted by molar-refractivity contribution is -0.384. The minimum atomic E-state index is -4.18. The lowest BCUT2D eigenvalue weighted by Crippen LogP contribution is -2.13. The molecule has 2 N–H and O–H groups in total. The van der Waals surface area contributed by atoms with Gasteiger partial charge in [-0.05, 0) is 40.2 Å². The van der Waals surface area contributed by atoms with Gasteiger partial charge in [-0.15, -0.1) is 0 Å². The van der Waals surface area contributed by atoms with Crippen LogP contribution in [0.1, 0.15) is 11.0 Å². The Labute approximate surface area is 156 Å². The van der Waals surface area contributed by atoms with Gasteiger partial charge in [0.2, 0.25) is 9.84 Å². The molecule has 0 fully saturated rings. The molecule has 1 heterocycles. The van der Waals surface area contributed by atoms with Crippen LogP contribution in [0.15, 0.2) is 52.0 Å². The van der Waals surface area contributed by atoms with Gasteiger partial charge in [0.1, 0.15) is 5.75 Å². The van der Waals surface area contributed by atoms with Crippen molar-refractivity contribution in [2.45, 2.75) is 10.3 Å². The van der Waals surface area contributed by atoms with Gasteiger partial charge in [0.25, 0.3) is 5.69 Å². The lowest BCUT2D eigenvalue weighted by Gasteiger charge is -2.13. The molecule has 26 heavy (non-hydrogen) atoms. The summed E-state index contributed by atoms with van der Waals surface area (Å²) in [6, 6.07) is 8.23. The number of aromatic amines is 1. The molecule has 0 aliphatic carbocycles. The number of ether oxygens (including phenoxy) is 1. The Kier molecular flexibility index (Phi) is 4.74. The summed E-state index contributed by atoms with van der Waals surface area (Å²) in [7, 11) is -2.73. The summed E-state index contributed by atoms with van der Waals surface area (Å²) in [5, 5.41) is 21.8. The fourth-order valence-electron chi connectivity index (χ4n) is 2.57. The maximum atomic E-state index is 12.8. The van der Waals surface area contributed by atoms with E-state index in [1.165, 1.54) is 49.7 Å². The molecule has 0 bridgehead atoms. The molecule has 0 saturated carbocycles. The van der Waals surface area contributed by atoms with Crippen LogP contribution in [0.25, 0.3) is 10.9 Å². The predicted molar refractivity (Wildman–Crippen MR) is 97.8 cm³/mol. The van der Waals surface area contributed by atoms with Crippen LogP contribution in [-0.4, -0.2) is 30.5 Å². The van der Waals surface area contributed by atoms with Crippen LogP contribution in [-0.2, 0) is 9.84 Å². The number of aliphatic hydroxyl groups is 1. The topological polar surface area (TPSA) is 123 Å². The molecular weight excluding hydrogens is 428 g/mol. The van der Waals surface area contributed by atoms with E-state index in [1.54, 1.807) is 0 Å². The Morgan fingerprint density at radius 1 is 1.27 bits per heavy atom. The Morgan fingerprint density at radius 3 is 2.62 bits per heavy atom. The van der Waals surface area contributed by atoms with Crippen molar-refractivity contribution in [1.82, 2.24) is 4.98 Å². The minimum absolute atomic E-state index is 0.0337. The smallest absolute Gasteiger partial charge is 0.270 e. The number of hydrogen-bond donors (Lipinski definition) is 2. The van der Waals surface area contributed by atoms with Crippen LogP contribution in [0.2, 0.25) is 0 Å². The van der Waals surface area contributed by atoms with E-state index in [2.05, 4.69) is 20.9 Å². The number of nitro benzene ring substituents is 1. The second kappa shape index (κ2) is 6.71. The van der Waals surface area contributed by atoms with Crippen molar-refractivity contribution in [2.24, 2.45) is 0 Å². The number of sulfone groups is 1. The molecule has 0 aliphatic rings. The molecule has 0 aliphatic heterocycles. The van der Waals surface area contributed by atoms with Gasteiger partial charge in [-0.2, -0.15) is 0 Å². The molecule has 0 saturated heterocycles. The third-order valence-corrected chi connectivity index (χ3v) is 6.64. The molecule has 0 spiro atoms. The number of aromatic nitrogens is 1. The molecule has 1 aromatic heterocycles. The Hall–Kier alpha value is -2.43. The van der Waals surface area contributed by atoms with E-state index in [4.69, 9.17) is 4.74 Å². The number of aliphatic hydroxyl groups excluding tert-OH is 1. The molecular formula is C16H13BrN2O6S. The molecule has 136 valence electrons. The number of benzene rings is 2. The van der Waals surface area contributed by atoms with E-state index in [0.717, 1.165) is 0 Å². The third kappa shape index (κ3) is 3.06. The van der Waals surface area contributed by atoms with Gasteiger partial charge >= 0.3 is 0 Å². The molecule has 3 aromatic rings. The van der Waals surface area contributed by atoms with Crippen LogP contribution >= 0.6 is 15.9 Å². The maximum Gasteiger partial charge on any atom is 0.270 e. The lowest BCUT2D eigenvalue weighted by atomic mass is 10.1. The van der Waals surface area contributed by atoms with E-state index in [-0.39, 0.29) is 26.0 Å². The van der Waals surface area contributed by atoms with Crippen LogP contribution < -0.4 is 4.74 Å². The van der Waals surface area contributed by atoms with Crippen molar-refractivity contribution in [1.29, 1.82) is 0 Å². The van der Waals surface area contributed by atoms with Crippen molar-refractivity contribution in [2.75, 3.05) is 7.11 Å². The van der Waals surface area contributed by atoms with Crippen LogP contribution in [0.3, 0.4) is 0 Å². The number of nitrogens with zero attached hydrogens (tertiary/aromatic N) is 1. The van der Waals surface area contributed by atoms with E-state index in [1.807, 2.05) is 0 Å². The van der Waals surface area contributed by atoms with Crippen molar-refractivity contribution in [3.63, 3.8) is 0 Å². The zero-order chi connectivity index (χ0) is 19.1. The van der Waals surface area contributed by atoms with Gasteiger partial charge in [0, 0.05) is 39.3 Å². The molecule has 10 heteroatoms. The monoisotopic (exact) mass is 440 g/mol. The van der Waals surface area contributed by atoms with Gasteiger partial charge in [0.05, 0.1) is 16.9 Å². The fraction of sp³-hybridized carbons (Fsp3) is 0.125. The van der Waals surface area contributed by atoms with Crippen LogP contribution in [0.4, 0.5) is 5.69 Å². The van der Waals surface area contributed by atoms with Crippen molar-refractivity contribution in [3.8, 4) is 5.75 Å². The van der Waals surface area contributed by atoms with Crippen molar-refractivity contribution in [3.05, 3.63) is 62.7 Å². The Bertz CT molecular complexity index is 1110. The van der Waals surface area contributed by atoms with Gasteiger partial charge in [-0.1, -0.05) is 0 Å².